The summed E-state index contributed by atoms with van der Waals surface area (Å²) in [7, 11) is -2.86. The van der Waals surface area contributed by atoms with Crippen molar-refractivity contribution in [2.75, 3.05) is 47.1 Å². The van der Waals surface area contributed by atoms with Crippen LogP contribution in [-0.2, 0) is 9.84 Å². The second-order valence-corrected chi connectivity index (χ2v) is 7.89. The summed E-state index contributed by atoms with van der Waals surface area (Å²) in [6.45, 7) is 2.41. The van der Waals surface area contributed by atoms with Gasteiger partial charge in [-0.05, 0) is 25.2 Å². The van der Waals surface area contributed by atoms with Crippen molar-refractivity contribution >= 4 is 27.7 Å². The average Bonchev–Trinajstić information content (AvgIpc) is 3.05. The Balaban J connectivity index is 1.65. The van der Waals surface area contributed by atoms with E-state index in [9.17, 15) is 8.42 Å². The second kappa shape index (κ2) is 5.63. The maximum Gasteiger partial charge on any atom is 0.231 e. The van der Waals surface area contributed by atoms with Crippen LogP contribution >= 0.6 is 0 Å². The number of sulfone groups is 1. The Labute approximate surface area is 124 Å². The zero-order valence-corrected chi connectivity index (χ0v) is 12.6. The highest BCUT2D eigenvalue weighted by atomic mass is 32.2. The molecule has 0 amide bonds. The van der Waals surface area contributed by atoms with Gasteiger partial charge in [-0.2, -0.15) is 15.0 Å². The van der Waals surface area contributed by atoms with Crippen molar-refractivity contribution in [3.63, 3.8) is 0 Å². The highest BCUT2D eigenvalue weighted by Gasteiger charge is 2.27. The molecule has 116 valence electrons. The Morgan fingerprint density at radius 2 is 2.00 bits per heavy atom. The van der Waals surface area contributed by atoms with Crippen LogP contribution in [-0.4, -0.2) is 54.5 Å². The molecule has 0 radical (unpaired) electrons. The van der Waals surface area contributed by atoms with Crippen LogP contribution in [0.5, 0.6) is 0 Å². The molecule has 2 aliphatic rings. The van der Waals surface area contributed by atoms with Crippen molar-refractivity contribution < 1.29 is 8.42 Å². The van der Waals surface area contributed by atoms with E-state index in [2.05, 4.69) is 25.2 Å². The topological polar surface area (TPSA) is 114 Å². The highest BCUT2D eigenvalue weighted by molar-refractivity contribution is 7.91. The van der Waals surface area contributed by atoms with Gasteiger partial charge >= 0.3 is 0 Å². The first kappa shape index (κ1) is 14.3. The van der Waals surface area contributed by atoms with Crippen molar-refractivity contribution in [3.8, 4) is 0 Å². The molecule has 2 fully saturated rings. The number of anilines is 3. The van der Waals surface area contributed by atoms with E-state index in [0.717, 1.165) is 25.9 Å². The minimum absolute atomic E-state index is 0.114. The molecule has 1 atom stereocenters. The van der Waals surface area contributed by atoms with Gasteiger partial charge in [0.2, 0.25) is 17.8 Å². The number of aromatic nitrogens is 3. The van der Waals surface area contributed by atoms with Crippen LogP contribution < -0.4 is 16.0 Å². The normalized spacial score (nSPS) is 24.4. The zero-order chi connectivity index (χ0) is 14.9. The monoisotopic (exact) mass is 312 g/mol. The summed E-state index contributed by atoms with van der Waals surface area (Å²) in [6, 6.07) is 0. The molecule has 8 nitrogen and oxygen atoms in total. The number of nitrogens with one attached hydrogen (secondary N) is 1. The lowest BCUT2D eigenvalue weighted by atomic mass is 10.1. The van der Waals surface area contributed by atoms with Gasteiger partial charge in [0.1, 0.15) is 0 Å². The van der Waals surface area contributed by atoms with E-state index in [-0.39, 0.29) is 23.4 Å². The molecule has 0 spiro atoms. The summed E-state index contributed by atoms with van der Waals surface area (Å²) in [5.41, 5.74) is 5.73. The summed E-state index contributed by atoms with van der Waals surface area (Å²) in [5, 5.41) is 3.10. The van der Waals surface area contributed by atoms with Crippen LogP contribution in [0.15, 0.2) is 0 Å². The molecule has 21 heavy (non-hydrogen) atoms. The second-order valence-electron chi connectivity index (χ2n) is 5.66. The Hall–Kier alpha value is -1.64. The van der Waals surface area contributed by atoms with Crippen molar-refractivity contribution in [2.45, 2.75) is 19.3 Å². The molecule has 2 aliphatic heterocycles. The predicted molar refractivity (Wildman–Crippen MR) is 80.9 cm³/mol. The predicted octanol–water partition coefficient (Wildman–Crippen LogP) is -0.0994. The average molecular weight is 312 g/mol. The molecule has 2 saturated heterocycles. The third-order valence-corrected chi connectivity index (χ3v) is 5.74. The molecule has 1 unspecified atom stereocenters. The number of nitrogen functional groups attached to an aromatic ring is 1. The van der Waals surface area contributed by atoms with Gasteiger partial charge in [0.15, 0.2) is 9.84 Å². The molecule has 0 saturated carbocycles. The van der Waals surface area contributed by atoms with E-state index in [1.807, 2.05) is 0 Å². The van der Waals surface area contributed by atoms with Gasteiger partial charge in [-0.25, -0.2) is 8.42 Å². The standard InChI is InChI=1S/C12H20N6O2S/c13-10-15-11(14-7-9-3-6-21(19,20)8-9)17-12(16-10)18-4-1-2-5-18/h9H,1-8H2,(H3,13,14,15,16,17). The summed E-state index contributed by atoms with van der Waals surface area (Å²) in [5.74, 6) is 1.84. The lowest BCUT2D eigenvalue weighted by molar-refractivity contribution is 0.595. The maximum absolute atomic E-state index is 11.4. The van der Waals surface area contributed by atoms with Crippen LogP contribution in [0.25, 0.3) is 0 Å². The third-order valence-electron chi connectivity index (χ3n) is 3.91. The van der Waals surface area contributed by atoms with Gasteiger partial charge in [0.25, 0.3) is 0 Å². The largest absolute Gasteiger partial charge is 0.368 e. The lowest BCUT2D eigenvalue weighted by Gasteiger charge is -2.16. The van der Waals surface area contributed by atoms with Crippen molar-refractivity contribution in [1.29, 1.82) is 0 Å². The SMILES string of the molecule is Nc1nc(NCC2CCS(=O)(=O)C2)nc(N2CCCC2)n1. The van der Waals surface area contributed by atoms with Crippen LogP contribution in [0.2, 0.25) is 0 Å². The van der Waals surface area contributed by atoms with Crippen molar-refractivity contribution in [1.82, 2.24) is 15.0 Å². The Morgan fingerprint density at radius 3 is 2.67 bits per heavy atom. The fraction of sp³-hybridized carbons (Fsp3) is 0.750. The minimum atomic E-state index is -2.86. The van der Waals surface area contributed by atoms with Crippen molar-refractivity contribution in [3.05, 3.63) is 0 Å². The number of nitrogens with two attached hydrogens (primary N) is 1. The summed E-state index contributed by atoms with van der Waals surface area (Å²) in [6.07, 6.45) is 2.96. The summed E-state index contributed by atoms with van der Waals surface area (Å²) < 4.78 is 22.9. The number of hydrogen-bond donors (Lipinski definition) is 2. The molecule has 1 aromatic heterocycles. The molecule has 9 heteroatoms. The zero-order valence-electron chi connectivity index (χ0n) is 11.8. The van der Waals surface area contributed by atoms with Gasteiger partial charge in [-0.15, -0.1) is 0 Å². The minimum Gasteiger partial charge on any atom is -0.368 e. The molecule has 3 heterocycles. The molecule has 0 bridgehead atoms. The van der Waals surface area contributed by atoms with E-state index >= 15 is 0 Å². The Kier molecular flexibility index (Phi) is 3.83. The molecular weight excluding hydrogens is 292 g/mol. The van der Waals surface area contributed by atoms with Gasteiger partial charge in [0.05, 0.1) is 11.5 Å². The summed E-state index contributed by atoms with van der Waals surface area (Å²) >= 11 is 0. The van der Waals surface area contributed by atoms with E-state index in [4.69, 9.17) is 5.73 Å². The lowest BCUT2D eigenvalue weighted by Crippen LogP contribution is -2.23. The van der Waals surface area contributed by atoms with Crippen LogP contribution in [0.4, 0.5) is 17.8 Å². The molecule has 3 N–H and O–H groups in total. The molecular formula is C12H20N6O2S. The van der Waals surface area contributed by atoms with E-state index in [1.165, 1.54) is 0 Å². The summed E-state index contributed by atoms with van der Waals surface area (Å²) in [4.78, 5) is 14.7. The quantitative estimate of drug-likeness (QED) is 0.792. The number of nitrogens with zero attached hydrogens (tertiary/aromatic N) is 4. The van der Waals surface area contributed by atoms with Gasteiger partial charge in [-0.1, -0.05) is 0 Å². The van der Waals surface area contributed by atoms with Crippen LogP contribution in [0.1, 0.15) is 19.3 Å². The first-order valence-corrected chi connectivity index (χ1v) is 9.05. The molecule has 0 aromatic carbocycles. The Morgan fingerprint density at radius 1 is 1.24 bits per heavy atom. The first-order valence-electron chi connectivity index (χ1n) is 7.23. The van der Waals surface area contributed by atoms with Crippen LogP contribution in [0, 0.1) is 5.92 Å². The molecule has 0 aliphatic carbocycles. The fourth-order valence-electron chi connectivity index (χ4n) is 2.79. The van der Waals surface area contributed by atoms with E-state index in [0.29, 0.717) is 24.9 Å². The van der Waals surface area contributed by atoms with Crippen LogP contribution in [0.3, 0.4) is 0 Å². The van der Waals surface area contributed by atoms with Crippen molar-refractivity contribution in [2.24, 2.45) is 5.92 Å². The number of hydrogen-bond acceptors (Lipinski definition) is 8. The number of rotatable bonds is 4. The fourth-order valence-corrected chi connectivity index (χ4v) is 4.65. The maximum atomic E-state index is 11.4. The Bertz CT molecular complexity index is 614. The highest BCUT2D eigenvalue weighted by Crippen LogP contribution is 2.20. The molecule has 1 aromatic rings. The smallest absolute Gasteiger partial charge is 0.231 e. The van der Waals surface area contributed by atoms with Gasteiger partial charge in [0, 0.05) is 19.6 Å². The van der Waals surface area contributed by atoms with Gasteiger partial charge < -0.3 is 16.0 Å². The van der Waals surface area contributed by atoms with Gasteiger partial charge in [-0.3, -0.25) is 0 Å². The third kappa shape index (κ3) is 3.52. The van der Waals surface area contributed by atoms with E-state index in [1.54, 1.807) is 0 Å². The molecule has 3 rings (SSSR count). The van der Waals surface area contributed by atoms with E-state index < -0.39 is 9.84 Å². The first-order chi connectivity index (χ1) is 10.0.